The summed E-state index contributed by atoms with van der Waals surface area (Å²) in [5.74, 6) is 1.14. The van der Waals surface area contributed by atoms with E-state index in [4.69, 9.17) is 0 Å². The van der Waals surface area contributed by atoms with E-state index in [-0.39, 0.29) is 5.69 Å². The van der Waals surface area contributed by atoms with Gasteiger partial charge in [0.25, 0.3) is 5.69 Å². The highest BCUT2D eigenvalue weighted by molar-refractivity contribution is 5.65. The van der Waals surface area contributed by atoms with Gasteiger partial charge in [0.1, 0.15) is 5.82 Å². The smallest absolute Gasteiger partial charge is 0.271 e. The van der Waals surface area contributed by atoms with Crippen LogP contribution in [0.5, 0.6) is 0 Å². The fourth-order valence-corrected chi connectivity index (χ4v) is 2.42. The number of rotatable bonds is 5. The molecule has 0 atom stereocenters. The van der Waals surface area contributed by atoms with Gasteiger partial charge in [0.2, 0.25) is 5.95 Å². The molecule has 25 heavy (non-hydrogen) atoms. The van der Waals surface area contributed by atoms with Gasteiger partial charge in [-0.05, 0) is 25.1 Å². The first-order chi connectivity index (χ1) is 12.0. The van der Waals surface area contributed by atoms with Crippen LogP contribution in [0.4, 0.5) is 28.8 Å². The second kappa shape index (κ2) is 6.96. The Balaban J connectivity index is 1.92. The van der Waals surface area contributed by atoms with E-state index in [1.54, 1.807) is 23.2 Å². The zero-order valence-corrected chi connectivity index (χ0v) is 13.9. The average Bonchev–Trinajstić information content (AvgIpc) is 2.63. The van der Waals surface area contributed by atoms with E-state index in [1.165, 1.54) is 12.1 Å². The number of benzene rings is 2. The second-order valence-corrected chi connectivity index (χ2v) is 5.53. The molecule has 1 N–H and O–H groups in total. The molecule has 0 fully saturated rings. The van der Waals surface area contributed by atoms with Crippen LogP contribution in [-0.2, 0) is 0 Å². The molecule has 0 saturated carbocycles. The fourth-order valence-electron chi connectivity index (χ4n) is 2.42. The van der Waals surface area contributed by atoms with Gasteiger partial charge in [-0.3, -0.25) is 10.1 Å². The number of anilines is 4. The number of nitro groups is 1. The predicted octanol–water partition coefficient (Wildman–Crippen LogP) is 4.20. The van der Waals surface area contributed by atoms with E-state index in [9.17, 15) is 10.1 Å². The number of hydrogen-bond donors (Lipinski definition) is 1. The van der Waals surface area contributed by atoms with Gasteiger partial charge in [0, 0.05) is 42.3 Å². The van der Waals surface area contributed by atoms with Crippen LogP contribution < -0.4 is 10.2 Å². The number of nitro benzene ring substituents is 1. The molecule has 0 aliphatic rings. The molecule has 7 nitrogen and oxygen atoms in total. The number of para-hydroxylation sites is 1. The minimum atomic E-state index is -0.410. The van der Waals surface area contributed by atoms with Crippen molar-refractivity contribution in [3.8, 4) is 0 Å². The quantitative estimate of drug-likeness (QED) is 0.555. The van der Waals surface area contributed by atoms with Crippen molar-refractivity contribution < 1.29 is 4.92 Å². The van der Waals surface area contributed by atoms with Crippen molar-refractivity contribution in [1.82, 2.24) is 9.97 Å². The largest absolute Gasteiger partial charge is 0.329 e. The molecule has 3 aromatic rings. The predicted molar refractivity (Wildman–Crippen MR) is 97.7 cm³/mol. The Morgan fingerprint density at radius 1 is 1.12 bits per heavy atom. The molecule has 7 heteroatoms. The summed E-state index contributed by atoms with van der Waals surface area (Å²) in [6.07, 6.45) is 1.72. The molecular formula is C18H17N5O2. The molecule has 3 rings (SSSR count). The van der Waals surface area contributed by atoms with Gasteiger partial charge in [-0.15, -0.1) is 0 Å². The van der Waals surface area contributed by atoms with Crippen molar-refractivity contribution in [2.45, 2.75) is 6.92 Å². The molecule has 1 heterocycles. The summed E-state index contributed by atoms with van der Waals surface area (Å²) >= 11 is 0. The number of aromatic nitrogens is 2. The number of aryl methyl sites for hydroxylation is 1. The molecule has 0 aliphatic heterocycles. The van der Waals surface area contributed by atoms with Crippen molar-refractivity contribution >= 4 is 28.8 Å². The Labute approximate surface area is 145 Å². The molecule has 126 valence electrons. The Hall–Kier alpha value is -3.48. The molecule has 0 bridgehead atoms. The van der Waals surface area contributed by atoms with Gasteiger partial charge >= 0.3 is 0 Å². The number of hydrogen-bond acceptors (Lipinski definition) is 6. The molecule has 0 saturated heterocycles. The van der Waals surface area contributed by atoms with Crippen LogP contribution in [0.2, 0.25) is 0 Å². The van der Waals surface area contributed by atoms with E-state index in [2.05, 4.69) is 15.3 Å². The maximum Gasteiger partial charge on any atom is 0.271 e. The lowest BCUT2D eigenvalue weighted by molar-refractivity contribution is -0.384. The minimum Gasteiger partial charge on any atom is -0.329 e. The standard InChI is InChI=1S/C18H17N5O2/c1-13-12-19-18(20-14-7-4-3-5-8-14)21-17(13)22(2)15-9-6-10-16(11-15)23(24)25/h3-12H,1-2H3,(H,19,20,21). The normalized spacial score (nSPS) is 10.3. The third kappa shape index (κ3) is 3.72. The summed E-state index contributed by atoms with van der Waals surface area (Å²) in [4.78, 5) is 21.2. The molecule has 1 aromatic heterocycles. The molecule has 0 radical (unpaired) electrons. The van der Waals surface area contributed by atoms with E-state index in [0.29, 0.717) is 17.5 Å². The summed E-state index contributed by atoms with van der Waals surface area (Å²) in [6, 6.07) is 16.1. The van der Waals surface area contributed by atoms with E-state index < -0.39 is 4.92 Å². The Morgan fingerprint density at radius 2 is 1.88 bits per heavy atom. The number of nitrogens with zero attached hydrogens (tertiary/aromatic N) is 4. The third-order valence-electron chi connectivity index (χ3n) is 3.72. The first-order valence-electron chi connectivity index (χ1n) is 7.68. The lowest BCUT2D eigenvalue weighted by Gasteiger charge is -2.20. The van der Waals surface area contributed by atoms with Crippen molar-refractivity contribution in [3.05, 3.63) is 76.5 Å². The summed E-state index contributed by atoms with van der Waals surface area (Å²) in [5.41, 5.74) is 2.48. The third-order valence-corrected chi connectivity index (χ3v) is 3.72. The van der Waals surface area contributed by atoms with Crippen molar-refractivity contribution in [2.24, 2.45) is 0 Å². The van der Waals surface area contributed by atoms with Crippen molar-refractivity contribution in [3.63, 3.8) is 0 Å². The van der Waals surface area contributed by atoms with Crippen LogP contribution in [0.3, 0.4) is 0 Å². The highest BCUT2D eigenvalue weighted by Gasteiger charge is 2.14. The van der Waals surface area contributed by atoms with Crippen molar-refractivity contribution in [2.75, 3.05) is 17.3 Å². The van der Waals surface area contributed by atoms with Crippen LogP contribution in [0.1, 0.15) is 5.56 Å². The van der Waals surface area contributed by atoms with Gasteiger partial charge in [-0.2, -0.15) is 4.98 Å². The van der Waals surface area contributed by atoms with Crippen LogP contribution in [0.25, 0.3) is 0 Å². The highest BCUT2D eigenvalue weighted by atomic mass is 16.6. The summed E-state index contributed by atoms with van der Waals surface area (Å²) < 4.78 is 0. The number of nitrogens with one attached hydrogen (secondary N) is 1. The molecule has 0 spiro atoms. The zero-order valence-electron chi connectivity index (χ0n) is 13.9. The average molecular weight is 335 g/mol. The minimum absolute atomic E-state index is 0.0405. The molecule has 0 aliphatic carbocycles. The Morgan fingerprint density at radius 3 is 2.60 bits per heavy atom. The summed E-state index contributed by atoms with van der Waals surface area (Å²) in [6.45, 7) is 1.90. The molecule has 0 unspecified atom stereocenters. The maximum absolute atomic E-state index is 11.0. The van der Waals surface area contributed by atoms with Gasteiger partial charge in [0.15, 0.2) is 0 Å². The van der Waals surface area contributed by atoms with E-state index in [0.717, 1.165) is 11.3 Å². The zero-order chi connectivity index (χ0) is 17.8. The first kappa shape index (κ1) is 16.4. The first-order valence-corrected chi connectivity index (χ1v) is 7.68. The van der Waals surface area contributed by atoms with Crippen LogP contribution in [0.15, 0.2) is 60.8 Å². The van der Waals surface area contributed by atoms with E-state index >= 15 is 0 Å². The summed E-state index contributed by atoms with van der Waals surface area (Å²) in [7, 11) is 1.82. The lowest BCUT2D eigenvalue weighted by atomic mass is 10.2. The van der Waals surface area contributed by atoms with Crippen LogP contribution >= 0.6 is 0 Å². The van der Waals surface area contributed by atoms with Crippen LogP contribution in [0, 0.1) is 17.0 Å². The molecular weight excluding hydrogens is 318 g/mol. The molecule has 0 amide bonds. The Bertz CT molecular complexity index is 899. The maximum atomic E-state index is 11.0. The second-order valence-electron chi connectivity index (χ2n) is 5.53. The van der Waals surface area contributed by atoms with E-state index in [1.807, 2.05) is 44.3 Å². The fraction of sp³-hybridized carbons (Fsp3) is 0.111. The van der Waals surface area contributed by atoms with Crippen molar-refractivity contribution in [1.29, 1.82) is 0 Å². The van der Waals surface area contributed by atoms with Gasteiger partial charge < -0.3 is 10.2 Å². The number of non-ortho nitro benzene ring substituents is 1. The van der Waals surface area contributed by atoms with Gasteiger partial charge in [0.05, 0.1) is 4.92 Å². The van der Waals surface area contributed by atoms with Crippen LogP contribution in [-0.4, -0.2) is 21.9 Å². The lowest BCUT2D eigenvalue weighted by Crippen LogP contribution is -2.14. The van der Waals surface area contributed by atoms with Gasteiger partial charge in [-0.25, -0.2) is 4.98 Å². The Kier molecular flexibility index (Phi) is 4.56. The molecule has 2 aromatic carbocycles. The summed E-state index contributed by atoms with van der Waals surface area (Å²) in [5, 5.41) is 14.1. The highest BCUT2D eigenvalue weighted by Crippen LogP contribution is 2.28. The van der Waals surface area contributed by atoms with Gasteiger partial charge in [-0.1, -0.05) is 24.3 Å². The topological polar surface area (TPSA) is 84.2 Å². The SMILES string of the molecule is Cc1cnc(Nc2ccccc2)nc1N(C)c1cccc([N+](=O)[O-])c1. The monoisotopic (exact) mass is 335 g/mol.